The molecule has 1 unspecified atom stereocenters. The standard InChI is InChI=1S/C12H13FN2O/c1-2-9(10-5-4-8-16-10)14-12-7-3-6-11(13)15-12/h3-9H,2H2,1H3,(H,14,15). The Morgan fingerprint density at radius 1 is 1.38 bits per heavy atom. The molecule has 2 aromatic heterocycles. The second-order valence-electron chi connectivity index (χ2n) is 3.47. The van der Waals surface area contributed by atoms with Gasteiger partial charge in [-0.25, -0.2) is 4.98 Å². The van der Waals surface area contributed by atoms with E-state index in [4.69, 9.17) is 4.42 Å². The second kappa shape index (κ2) is 4.79. The molecule has 0 aromatic carbocycles. The van der Waals surface area contributed by atoms with Crippen LogP contribution in [0.25, 0.3) is 0 Å². The molecule has 0 bridgehead atoms. The summed E-state index contributed by atoms with van der Waals surface area (Å²) in [6.07, 6.45) is 2.46. The summed E-state index contributed by atoms with van der Waals surface area (Å²) >= 11 is 0. The third-order valence-corrected chi connectivity index (χ3v) is 2.33. The maximum absolute atomic E-state index is 12.9. The van der Waals surface area contributed by atoms with Crippen molar-refractivity contribution in [1.29, 1.82) is 0 Å². The molecule has 1 atom stereocenters. The van der Waals surface area contributed by atoms with Crippen molar-refractivity contribution in [3.8, 4) is 0 Å². The quantitative estimate of drug-likeness (QED) is 0.803. The maximum atomic E-state index is 12.9. The molecule has 16 heavy (non-hydrogen) atoms. The Hall–Kier alpha value is -1.84. The first-order valence-electron chi connectivity index (χ1n) is 5.22. The lowest BCUT2D eigenvalue weighted by Crippen LogP contribution is -2.10. The molecular weight excluding hydrogens is 207 g/mol. The molecule has 0 spiro atoms. The summed E-state index contributed by atoms with van der Waals surface area (Å²) in [5.41, 5.74) is 0. The number of hydrogen-bond donors (Lipinski definition) is 1. The van der Waals surface area contributed by atoms with Gasteiger partial charge < -0.3 is 9.73 Å². The minimum atomic E-state index is -0.487. The van der Waals surface area contributed by atoms with E-state index in [0.29, 0.717) is 5.82 Å². The molecule has 2 aromatic rings. The predicted molar refractivity (Wildman–Crippen MR) is 59.6 cm³/mol. The topological polar surface area (TPSA) is 38.1 Å². The molecule has 3 nitrogen and oxygen atoms in total. The van der Waals surface area contributed by atoms with Gasteiger partial charge in [0, 0.05) is 0 Å². The van der Waals surface area contributed by atoms with E-state index in [2.05, 4.69) is 10.3 Å². The Morgan fingerprint density at radius 2 is 2.25 bits per heavy atom. The summed E-state index contributed by atoms with van der Waals surface area (Å²) < 4.78 is 18.2. The van der Waals surface area contributed by atoms with E-state index in [-0.39, 0.29) is 6.04 Å². The number of pyridine rings is 1. The van der Waals surface area contributed by atoms with E-state index in [0.717, 1.165) is 12.2 Å². The fourth-order valence-electron chi connectivity index (χ4n) is 1.53. The Morgan fingerprint density at radius 3 is 2.88 bits per heavy atom. The highest BCUT2D eigenvalue weighted by molar-refractivity contribution is 5.36. The number of nitrogens with zero attached hydrogens (tertiary/aromatic N) is 1. The Kier molecular flexibility index (Phi) is 3.19. The molecule has 0 aliphatic heterocycles. The molecule has 4 heteroatoms. The van der Waals surface area contributed by atoms with Crippen LogP contribution in [0.5, 0.6) is 0 Å². The lowest BCUT2D eigenvalue weighted by Gasteiger charge is -2.14. The lowest BCUT2D eigenvalue weighted by atomic mass is 10.2. The molecule has 0 amide bonds. The van der Waals surface area contributed by atoms with Crippen LogP contribution in [0, 0.1) is 5.95 Å². The molecule has 0 saturated carbocycles. The molecule has 84 valence electrons. The second-order valence-corrected chi connectivity index (χ2v) is 3.47. The van der Waals surface area contributed by atoms with Gasteiger partial charge in [-0.05, 0) is 30.7 Å². The first-order chi connectivity index (χ1) is 7.79. The number of nitrogens with one attached hydrogen (secondary N) is 1. The molecule has 0 fully saturated rings. The normalized spacial score (nSPS) is 12.4. The highest BCUT2D eigenvalue weighted by atomic mass is 19.1. The van der Waals surface area contributed by atoms with Gasteiger partial charge in [0.2, 0.25) is 5.95 Å². The average Bonchev–Trinajstić information content (AvgIpc) is 2.79. The van der Waals surface area contributed by atoms with Crippen LogP contribution in [0.2, 0.25) is 0 Å². The van der Waals surface area contributed by atoms with Crippen molar-refractivity contribution in [3.63, 3.8) is 0 Å². The third-order valence-electron chi connectivity index (χ3n) is 2.33. The number of halogens is 1. The van der Waals surface area contributed by atoms with Crippen LogP contribution >= 0.6 is 0 Å². The highest BCUT2D eigenvalue weighted by Gasteiger charge is 2.12. The Labute approximate surface area is 93.3 Å². The van der Waals surface area contributed by atoms with Crippen LogP contribution in [0.3, 0.4) is 0 Å². The average molecular weight is 220 g/mol. The minimum absolute atomic E-state index is 0.0179. The van der Waals surface area contributed by atoms with Crippen molar-refractivity contribution in [3.05, 3.63) is 48.3 Å². The van der Waals surface area contributed by atoms with Crippen LogP contribution < -0.4 is 5.32 Å². The molecular formula is C12H13FN2O. The van der Waals surface area contributed by atoms with Gasteiger partial charge in [-0.15, -0.1) is 0 Å². The zero-order valence-electron chi connectivity index (χ0n) is 8.98. The van der Waals surface area contributed by atoms with Gasteiger partial charge in [-0.1, -0.05) is 13.0 Å². The smallest absolute Gasteiger partial charge is 0.214 e. The Balaban J connectivity index is 2.13. The van der Waals surface area contributed by atoms with E-state index < -0.39 is 5.95 Å². The molecule has 0 aliphatic rings. The first kappa shape index (κ1) is 10.7. The van der Waals surface area contributed by atoms with Crippen LogP contribution in [0.1, 0.15) is 25.1 Å². The van der Waals surface area contributed by atoms with Crippen LogP contribution in [0.15, 0.2) is 41.0 Å². The molecule has 0 saturated heterocycles. The van der Waals surface area contributed by atoms with E-state index in [9.17, 15) is 4.39 Å². The molecule has 2 heterocycles. The van der Waals surface area contributed by atoms with Crippen molar-refractivity contribution in [2.45, 2.75) is 19.4 Å². The molecule has 1 N–H and O–H groups in total. The van der Waals surface area contributed by atoms with Gasteiger partial charge in [0.05, 0.1) is 12.3 Å². The van der Waals surface area contributed by atoms with Gasteiger partial charge >= 0.3 is 0 Å². The van der Waals surface area contributed by atoms with E-state index >= 15 is 0 Å². The summed E-state index contributed by atoms with van der Waals surface area (Å²) in [6.45, 7) is 2.03. The predicted octanol–water partition coefficient (Wildman–Crippen LogP) is 3.38. The van der Waals surface area contributed by atoms with Crippen molar-refractivity contribution in [2.75, 3.05) is 5.32 Å². The number of rotatable bonds is 4. The largest absolute Gasteiger partial charge is 0.467 e. The first-order valence-corrected chi connectivity index (χ1v) is 5.22. The Bertz CT molecular complexity index is 442. The van der Waals surface area contributed by atoms with Crippen molar-refractivity contribution >= 4 is 5.82 Å². The number of hydrogen-bond acceptors (Lipinski definition) is 3. The number of furan rings is 1. The summed E-state index contributed by atoms with van der Waals surface area (Å²) in [5, 5.41) is 3.13. The summed E-state index contributed by atoms with van der Waals surface area (Å²) in [6, 6.07) is 8.41. The van der Waals surface area contributed by atoms with Crippen LogP contribution in [0.4, 0.5) is 10.2 Å². The van der Waals surface area contributed by atoms with E-state index in [1.54, 1.807) is 18.4 Å². The van der Waals surface area contributed by atoms with Gasteiger partial charge in [0.1, 0.15) is 11.6 Å². The SMILES string of the molecule is CCC(Nc1cccc(F)n1)c1ccco1. The van der Waals surface area contributed by atoms with E-state index in [1.165, 1.54) is 6.07 Å². The fourth-order valence-corrected chi connectivity index (χ4v) is 1.53. The minimum Gasteiger partial charge on any atom is -0.467 e. The third kappa shape index (κ3) is 2.39. The van der Waals surface area contributed by atoms with Crippen LogP contribution in [-0.4, -0.2) is 4.98 Å². The molecule has 2 rings (SSSR count). The molecule has 0 radical (unpaired) electrons. The lowest BCUT2D eigenvalue weighted by molar-refractivity contribution is 0.472. The number of anilines is 1. The van der Waals surface area contributed by atoms with Crippen molar-refractivity contribution in [1.82, 2.24) is 4.98 Å². The zero-order valence-corrected chi connectivity index (χ0v) is 8.98. The maximum Gasteiger partial charge on any atom is 0.214 e. The van der Waals surface area contributed by atoms with Gasteiger partial charge in [0.25, 0.3) is 0 Å². The fraction of sp³-hybridized carbons (Fsp3) is 0.250. The van der Waals surface area contributed by atoms with E-state index in [1.807, 2.05) is 19.1 Å². The van der Waals surface area contributed by atoms with Gasteiger partial charge in [-0.3, -0.25) is 0 Å². The number of aromatic nitrogens is 1. The summed E-state index contributed by atoms with van der Waals surface area (Å²) in [7, 11) is 0. The van der Waals surface area contributed by atoms with Gasteiger partial charge in [0.15, 0.2) is 0 Å². The monoisotopic (exact) mass is 220 g/mol. The summed E-state index contributed by atoms with van der Waals surface area (Å²) in [5.74, 6) is 0.858. The molecule has 0 aliphatic carbocycles. The van der Waals surface area contributed by atoms with Crippen LogP contribution in [-0.2, 0) is 0 Å². The van der Waals surface area contributed by atoms with Crippen molar-refractivity contribution < 1.29 is 8.81 Å². The van der Waals surface area contributed by atoms with Crippen molar-refractivity contribution in [2.24, 2.45) is 0 Å². The summed E-state index contributed by atoms with van der Waals surface area (Å²) in [4.78, 5) is 3.75. The zero-order chi connectivity index (χ0) is 11.4. The highest BCUT2D eigenvalue weighted by Crippen LogP contribution is 2.21. The van der Waals surface area contributed by atoms with Gasteiger partial charge in [-0.2, -0.15) is 4.39 Å².